The van der Waals surface area contributed by atoms with E-state index in [1.165, 1.54) is 6.92 Å². The van der Waals surface area contributed by atoms with Gasteiger partial charge < -0.3 is 16.0 Å². The second kappa shape index (κ2) is 9.01. The molecule has 26 heavy (non-hydrogen) atoms. The van der Waals surface area contributed by atoms with Gasteiger partial charge in [0.25, 0.3) is 5.91 Å². The van der Waals surface area contributed by atoms with Crippen molar-refractivity contribution in [2.45, 2.75) is 19.9 Å². The number of hydrogen-bond donors (Lipinski definition) is 3. The topological polar surface area (TPSA) is 87.3 Å². The van der Waals surface area contributed by atoms with Crippen molar-refractivity contribution in [2.75, 3.05) is 11.9 Å². The maximum absolute atomic E-state index is 12.1. The van der Waals surface area contributed by atoms with E-state index in [1.807, 2.05) is 13.0 Å². The lowest BCUT2D eigenvalue weighted by Gasteiger charge is -2.16. The monoisotopic (exact) mass is 373 g/mol. The van der Waals surface area contributed by atoms with Crippen LogP contribution in [0.2, 0.25) is 5.02 Å². The summed E-state index contributed by atoms with van der Waals surface area (Å²) in [6.45, 7) is 3.08. The Balaban J connectivity index is 1.90. The molecule has 2 aromatic carbocycles. The van der Waals surface area contributed by atoms with E-state index < -0.39 is 5.91 Å². The third-order valence-electron chi connectivity index (χ3n) is 3.61. The molecule has 0 bridgehead atoms. The fourth-order valence-electron chi connectivity index (χ4n) is 2.37. The zero-order chi connectivity index (χ0) is 19.1. The highest BCUT2D eigenvalue weighted by atomic mass is 35.5. The van der Waals surface area contributed by atoms with Crippen LogP contribution in [0.5, 0.6) is 0 Å². The molecule has 0 fully saturated rings. The SMILES string of the molecule is CC(=O)Nc1cccc(C(C)NC(=O)CNC(=O)c2ccccc2Cl)c1. The molecule has 1 atom stereocenters. The Bertz CT molecular complexity index is 823. The van der Waals surface area contributed by atoms with Gasteiger partial charge in [0.05, 0.1) is 23.2 Å². The summed E-state index contributed by atoms with van der Waals surface area (Å²) in [5, 5.41) is 8.36. The van der Waals surface area contributed by atoms with Gasteiger partial charge in [-0.2, -0.15) is 0 Å². The second-order valence-electron chi connectivity index (χ2n) is 5.76. The molecule has 7 heteroatoms. The fourth-order valence-corrected chi connectivity index (χ4v) is 2.59. The van der Waals surface area contributed by atoms with Crippen LogP contribution < -0.4 is 16.0 Å². The van der Waals surface area contributed by atoms with Crippen molar-refractivity contribution < 1.29 is 14.4 Å². The van der Waals surface area contributed by atoms with Crippen molar-refractivity contribution in [3.63, 3.8) is 0 Å². The highest BCUT2D eigenvalue weighted by molar-refractivity contribution is 6.33. The average Bonchev–Trinajstić information content (AvgIpc) is 2.59. The van der Waals surface area contributed by atoms with E-state index in [2.05, 4.69) is 16.0 Å². The Morgan fingerprint density at radius 1 is 1.08 bits per heavy atom. The molecule has 0 spiro atoms. The molecular formula is C19H20ClN3O3. The van der Waals surface area contributed by atoms with Gasteiger partial charge in [-0.3, -0.25) is 14.4 Å². The predicted octanol–water partition coefficient (Wildman–Crippen LogP) is 2.91. The molecule has 6 nitrogen and oxygen atoms in total. The van der Waals surface area contributed by atoms with Crippen LogP contribution >= 0.6 is 11.6 Å². The number of anilines is 1. The van der Waals surface area contributed by atoms with E-state index in [9.17, 15) is 14.4 Å². The zero-order valence-electron chi connectivity index (χ0n) is 14.5. The minimum absolute atomic E-state index is 0.166. The maximum atomic E-state index is 12.1. The molecular weight excluding hydrogens is 354 g/mol. The summed E-state index contributed by atoms with van der Waals surface area (Å²) in [5.74, 6) is -0.907. The van der Waals surface area contributed by atoms with Crippen LogP contribution in [0.1, 0.15) is 35.8 Å². The van der Waals surface area contributed by atoms with Gasteiger partial charge in [-0.25, -0.2) is 0 Å². The summed E-state index contributed by atoms with van der Waals surface area (Å²) in [6, 6.07) is 13.5. The van der Waals surface area contributed by atoms with Crippen LogP contribution in [0.3, 0.4) is 0 Å². The van der Waals surface area contributed by atoms with Crippen LogP contribution in [0, 0.1) is 0 Å². The van der Waals surface area contributed by atoms with Crippen molar-refractivity contribution in [3.05, 3.63) is 64.7 Å². The Morgan fingerprint density at radius 2 is 1.81 bits per heavy atom. The zero-order valence-corrected chi connectivity index (χ0v) is 15.3. The molecule has 0 saturated carbocycles. The van der Waals surface area contributed by atoms with Gasteiger partial charge >= 0.3 is 0 Å². The van der Waals surface area contributed by atoms with Gasteiger partial charge in [-0.15, -0.1) is 0 Å². The molecule has 0 aromatic heterocycles. The number of nitrogens with one attached hydrogen (secondary N) is 3. The molecule has 2 rings (SSSR count). The highest BCUT2D eigenvalue weighted by Crippen LogP contribution is 2.17. The van der Waals surface area contributed by atoms with Gasteiger partial charge in [0.15, 0.2) is 0 Å². The second-order valence-corrected chi connectivity index (χ2v) is 6.17. The van der Waals surface area contributed by atoms with Gasteiger partial charge in [0.1, 0.15) is 0 Å². The van der Waals surface area contributed by atoms with E-state index in [-0.39, 0.29) is 24.4 Å². The molecule has 1 unspecified atom stereocenters. The van der Waals surface area contributed by atoms with Crippen molar-refractivity contribution in [2.24, 2.45) is 0 Å². The van der Waals surface area contributed by atoms with Gasteiger partial charge in [0, 0.05) is 12.6 Å². The van der Waals surface area contributed by atoms with Crippen LogP contribution in [0.15, 0.2) is 48.5 Å². The van der Waals surface area contributed by atoms with Crippen LogP contribution in [0.4, 0.5) is 5.69 Å². The minimum Gasteiger partial charge on any atom is -0.348 e. The summed E-state index contributed by atoms with van der Waals surface area (Å²) in [5.41, 5.74) is 1.81. The average molecular weight is 374 g/mol. The summed E-state index contributed by atoms with van der Waals surface area (Å²) in [6.07, 6.45) is 0. The molecule has 0 heterocycles. The molecule has 0 aliphatic carbocycles. The lowest BCUT2D eigenvalue weighted by Crippen LogP contribution is -2.38. The predicted molar refractivity (Wildman–Crippen MR) is 101 cm³/mol. The lowest BCUT2D eigenvalue weighted by molar-refractivity contribution is -0.120. The Kier molecular flexibility index (Phi) is 6.74. The van der Waals surface area contributed by atoms with Crippen LogP contribution in [-0.4, -0.2) is 24.3 Å². The van der Waals surface area contributed by atoms with E-state index in [0.29, 0.717) is 16.3 Å². The van der Waals surface area contributed by atoms with E-state index in [0.717, 1.165) is 5.56 Å². The van der Waals surface area contributed by atoms with Gasteiger partial charge in [0.2, 0.25) is 11.8 Å². The van der Waals surface area contributed by atoms with Crippen molar-refractivity contribution in [3.8, 4) is 0 Å². The van der Waals surface area contributed by atoms with E-state index in [4.69, 9.17) is 11.6 Å². The number of halogens is 1. The Morgan fingerprint density at radius 3 is 2.50 bits per heavy atom. The first-order valence-electron chi connectivity index (χ1n) is 8.06. The smallest absolute Gasteiger partial charge is 0.253 e. The molecule has 3 amide bonds. The van der Waals surface area contributed by atoms with Gasteiger partial charge in [-0.05, 0) is 36.8 Å². The fraction of sp³-hybridized carbons (Fsp3) is 0.211. The van der Waals surface area contributed by atoms with Crippen LogP contribution in [-0.2, 0) is 9.59 Å². The van der Waals surface area contributed by atoms with Crippen molar-refractivity contribution in [1.29, 1.82) is 0 Å². The number of benzene rings is 2. The first kappa shape index (κ1) is 19.5. The van der Waals surface area contributed by atoms with E-state index in [1.54, 1.807) is 42.5 Å². The quantitative estimate of drug-likeness (QED) is 0.727. The third-order valence-corrected chi connectivity index (χ3v) is 3.94. The largest absolute Gasteiger partial charge is 0.348 e. The normalized spacial score (nSPS) is 11.3. The molecule has 136 valence electrons. The Labute approximate surface area is 156 Å². The molecule has 3 N–H and O–H groups in total. The number of carbonyl (C=O) groups is 3. The molecule has 2 aromatic rings. The maximum Gasteiger partial charge on any atom is 0.253 e. The first-order chi connectivity index (χ1) is 12.4. The molecule has 0 aliphatic rings. The number of carbonyl (C=O) groups excluding carboxylic acids is 3. The molecule has 0 radical (unpaired) electrons. The van der Waals surface area contributed by atoms with Crippen molar-refractivity contribution >= 4 is 35.0 Å². The number of rotatable bonds is 6. The summed E-state index contributed by atoms with van der Waals surface area (Å²) < 4.78 is 0. The standard InChI is InChI=1S/C19H20ClN3O3/c1-12(14-6-5-7-15(10-14)23-13(2)24)22-18(25)11-21-19(26)16-8-3-4-9-17(16)20/h3-10,12H,11H2,1-2H3,(H,21,26)(H,22,25)(H,23,24). The first-order valence-corrected chi connectivity index (χ1v) is 8.44. The summed E-state index contributed by atoms with van der Waals surface area (Å²) >= 11 is 5.96. The Hall–Kier alpha value is -2.86. The van der Waals surface area contributed by atoms with Crippen molar-refractivity contribution in [1.82, 2.24) is 10.6 Å². The number of amides is 3. The minimum atomic E-state index is -0.411. The molecule has 0 saturated heterocycles. The molecule has 0 aliphatic heterocycles. The summed E-state index contributed by atoms with van der Waals surface area (Å²) in [4.78, 5) is 35.3. The van der Waals surface area contributed by atoms with Gasteiger partial charge in [-0.1, -0.05) is 35.9 Å². The number of hydrogen-bond acceptors (Lipinski definition) is 3. The third kappa shape index (κ3) is 5.60. The summed E-state index contributed by atoms with van der Waals surface area (Å²) in [7, 11) is 0. The highest BCUT2D eigenvalue weighted by Gasteiger charge is 2.13. The van der Waals surface area contributed by atoms with E-state index >= 15 is 0 Å². The van der Waals surface area contributed by atoms with Crippen LogP contribution in [0.25, 0.3) is 0 Å². The lowest BCUT2D eigenvalue weighted by atomic mass is 10.1.